The average molecular weight is 538 g/mol. The fourth-order valence-corrected chi connectivity index (χ4v) is 14.7. The van der Waals surface area contributed by atoms with Crippen molar-refractivity contribution in [3.63, 3.8) is 0 Å². The van der Waals surface area contributed by atoms with Crippen molar-refractivity contribution in [1.82, 2.24) is 4.90 Å². The van der Waals surface area contributed by atoms with E-state index in [1.165, 1.54) is 5.56 Å². The molecular formula is C33H51NO3Si. The molecule has 2 aliphatic rings. The van der Waals surface area contributed by atoms with E-state index in [1.54, 1.807) is 4.90 Å². The lowest BCUT2D eigenvalue weighted by Gasteiger charge is -2.47. The summed E-state index contributed by atoms with van der Waals surface area (Å²) in [7, 11) is -2.23. The van der Waals surface area contributed by atoms with Crippen LogP contribution in [0.25, 0.3) is 0 Å². The maximum Gasteiger partial charge on any atom is 0.414 e. The first-order chi connectivity index (χ1) is 17.9. The van der Waals surface area contributed by atoms with Crippen molar-refractivity contribution in [3.05, 3.63) is 59.4 Å². The lowest BCUT2D eigenvalue weighted by atomic mass is 9.66. The van der Waals surface area contributed by atoms with Gasteiger partial charge in [0.15, 0.2) is 5.78 Å². The van der Waals surface area contributed by atoms with Crippen molar-refractivity contribution >= 4 is 20.0 Å². The van der Waals surface area contributed by atoms with Crippen LogP contribution >= 0.6 is 0 Å². The minimum Gasteiger partial charge on any atom is -0.446 e. The largest absolute Gasteiger partial charge is 0.446 e. The van der Waals surface area contributed by atoms with E-state index in [2.05, 4.69) is 85.7 Å². The van der Waals surface area contributed by atoms with Crippen LogP contribution in [0.1, 0.15) is 100.0 Å². The number of ketones is 1. The summed E-state index contributed by atoms with van der Waals surface area (Å²) < 4.78 is 6.42. The number of hydrogen-bond donors (Lipinski definition) is 0. The summed E-state index contributed by atoms with van der Waals surface area (Å²) in [5, 5.41) is 0.917. The molecule has 1 saturated carbocycles. The van der Waals surface area contributed by atoms with Crippen LogP contribution in [-0.4, -0.2) is 37.0 Å². The molecule has 0 spiro atoms. The van der Waals surface area contributed by atoms with Gasteiger partial charge in [0.05, 0.1) is 6.04 Å². The number of hydrogen-bond acceptors (Lipinski definition) is 3. The molecule has 1 aliphatic carbocycles. The molecule has 1 aromatic rings. The van der Waals surface area contributed by atoms with E-state index in [0.717, 1.165) is 30.9 Å². The molecule has 5 heteroatoms. The van der Waals surface area contributed by atoms with Crippen molar-refractivity contribution in [2.75, 3.05) is 0 Å². The van der Waals surface area contributed by atoms with E-state index >= 15 is 0 Å². The maximum atomic E-state index is 14.0. The summed E-state index contributed by atoms with van der Waals surface area (Å²) in [4.78, 5) is 29.4. The second kappa shape index (κ2) is 12.4. The van der Waals surface area contributed by atoms with E-state index in [-0.39, 0.29) is 35.4 Å². The molecule has 0 aromatic heterocycles. The number of nitrogens with zero attached hydrogens (tertiary/aromatic N) is 1. The highest BCUT2D eigenvalue weighted by atomic mass is 28.3. The van der Waals surface area contributed by atoms with Gasteiger partial charge in [0, 0.05) is 18.5 Å². The van der Waals surface area contributed by atoms with Gasteiger partial charge in [-0.3, -0.25) is 9.69 Å². The summed E-state index contributed by atoms with van der Waals surface area (Å²) in [5.41, 5.74) is 2.35. The Labute approximate surface area is 232 Å². The third-order valence-corrected chi connectivity index (χ3v) is 16.8. The maximum absolute atomic E-state index is 14.0. The smallest absolute Gasteiger partial charge is 0.414 e. The molecule has 0 unspecified atom stereocenters. The predicted octanol–water partition coefficient (Wildman–Crippen LogP) is 8.98. The van der Waals surface area contributed by atoms with Crippen molar-refractivity contribution in [2.45, 2.75) is 129 Å². The Morgan fingerprint density at radius 2 is 1.58 bits per heavy atom. The predicted molar refractivity (Wildman–Crippen MR) is 161 cm³/mol. The summed E-state index contributed by atoms with van der Waals surface area (Å²) in [5.74, 6) is 0.453. The zero-order valence-corrected chi connectivity index (χ0v) is 26.3. The highest BCUT2D eigenvalue weighted by Crippen LogP contribution is 2.48. The second-order valence-corrected chi connectivity index (χ2v) is 18.8. The van der Waals surface area contributed by atoms with Gasteiger partial charge in [0.1, 0.15) is 14.2 Å². The third kappa shape index (κ3) is 5.73. The summed E-state index contributed by atoms with van der Waals surface area (Å²) in [6.45, 7) is 20.1. The summed E-state index contributed by atoms with van der Waals surface area (Å²) in [6, 6.07) is 10.3. The van der Waals surface area contributed by atoms with Crippen LogP contribution in [-0.2, 0) is 14.9 Å². The molecule has 4 nitrogen and oxygen atoms in total. The zero-order valence-electron chi connectivity index (χ0n) is 25.3. The van der Waals surface area contributed by atoms with E-state index in [9.17, 15) is 9.59 Å². The molecule has 1 aliphatic heterocycles. The molecule has 0 bridgehead atoms. The molecular weight excluding hydrogens is 486 g/mol. The molecule has 3 rings (SSSR count). The Balaban J connectivity index is 1.99. The molecule has 0 saturated heterocycles. The molecule has 0 N–H and O–H groups in total. The summed E-state index contributed by atoms with van der Waals surface area (Å²) in [6.07, 6.45) is 9.87. The molecule has 210 valence electrons. The normalized spacial score (nSPS) is 23.5. The number of allylic oxidation sites excluding steroid dienone is 2. The van der Waals surface area contributed by atoms with Gasteiger partial charge in [-0.25, -0.2) is 4.79 Å². The molecule has 1 aromatic carbocycles. The monoisotopic (exact) mass is 537 g/mol. The second-order valence-electron chi connectivity index (χ2n) is 13.0. The number of rotatable bonds is 8. The quantitative estimate of drug-likeness (QED) is 0.245. The highest BCUT2D eigenvalue weighted by Gasteiger charge is 2.51. The first kappa shape index (κ1) is 30.4. The molecule has 1 heterocycles. The van der Waals surface area contributed by atoms with Gasteiger partial charge in [-0.2, -0.15) is 0 Å². The summed E-state index contributed by atoms with van der Waals surface area (Å²) >= 11 is 0. The Morgan fingerprint density at radius 3 is 2.13 bits per heavy atom. The van der Waals surface area contributed by atoms with Crippen molar-refractivity contribution < 1.29 is 14.3 Å². The van der Waals surface area contributed by atoms with Crippen LogP contribution in [0, 0.1) is 5.92 Å². The van der Waals surface area contributed by atoms with Crippen LogP contribution in [0.5, 0.6) is 0 Å². The van der Waals surface area contributed by atoms with Gasteiger partial charge in [0.25, 0.3) is 0 Å². The van der Waals surface area contributed by atoms with Gasteiger partial charge in [-0.05, 0) is 59.0 Å². The van der Waals surface area contributed by atoms with Crippen LogP contribution in [0.2, 0.25) is 16.6 Å². The fraction of sp³-hybridized carbons (Fsp3) is 0.636. The lowest BCUT2D eigenvalue weighted by molar-refractivity contribution is -0.116. The first-order valence-electron chi connectivity index (χ1n) is 14.8. The van der Waals surface area contributed by atoms with Crippen LogP contribution < -0.4 is 0 Å². The van der Waals surface area contributed by atoms with Crippen LogP contribution in [0.3, 0.4) is 0 Å². The van der Waals surface area contributed by atoms with Gasteiger partial charge < -0.3 is 4.74 Å². The first-order valence-corrected chi connectivity index (χ1v) is 17.0. The zero-order chi connectivity index (χ0) is 28.3. The van der Waals surface area contributed by atoms with Crippen molar-refractivity contribution in [3.8, 4) is 0 Å². The number of carbonyl (C=O) groups excluding carboxylic acids is 2. The highest BCUT2D eigenvalue weighted by molar-refractivity contribution is 6.93. The van der Waals surface area contributed by atoms with Gasteiger partial charge >= 0.3 is 6.09 Å². The molecule has 1 amide bonds. The van der Waals surface area contributed by atoms with Gasteiger partial charge in [0.2, 0.25) is 0 Å². The number of carbonyl (C=O) groups is 2. The minimum absolute atomic E-state index is 0.108. The molecule has 0 radical (unpaired) electrons. The minimum atomic E-state index is -2.23. The van der Waals surface area contributed by atoms with Crippen molar-refractivity contribution in [1.29, 1.82) is 0 Å². The molecule has 3 atom stereocenters. The van der Waals surface area contributed by atoms with Crippen LogP contribution in [0.4, 0.5) is 4.79 Å². The number of amides is 1. The molecule has 38 heavy (non-hydrogen) atoms. The van der Waals surface area contributed by atoms with Crippen LogP contribution in [0.15, 0.2) is 53.9 Å². The SMILES string of the molecule is C/C=C/[C@@H]1CC(=O)C([Si](C(C)C)(C(C)C)C(C)C)=CN1C(=O)O[C@@H]1CCCC[C@H]1C(C)(C)c1ccccc1. The third-order valence-electron chi connectivity index (χ3n) is 9.68. The van der Waals surface area contributed by atoms with E-state index in [4.69, 9.17) is 4.74 Å². The number of benzene rings is 1. The van der Waals surface area contributed by atoms with E-state index in [0.29, 0.717) is 23.0 Å². The Hall–Kier alpha value is -2.14. The standard InChI is InChI=1S/C33H51NO3Si/c1-10-16-27-21-29(35)31(38(23(2)3,24(4)5)25(6)7)22-34(27)32(36)37-30-20-15-14-19-28(30)33(8,9)26-17-12-11-13-18-26/h10-13,16-18,22-25,27-28,30H,14-15,19-21H2,1-9H3/b16-10+/t27-,28-,30-/m1/s1. The molecule has 1 fully saturated rings. The number of Topliss-reactive ketones (excluding diaryl/α,β-unsaturated/α-hetero) is 1. The van der Waals surface area contributed by atoms with E-state index in [1.807, 2.05) is 25.3 Å². The topological polar surface area (TPSA) is 46.6 Å². The number of ether oxygens (including phenoxy) is 1. The average Bonchev–Trinajstić information content (AvgIpc) is 2.86. The van der Waals surface area contributed by atoms with Gasteiger partial charge in [-0.15, -0.1) is 0 Å². The van der Waals surface area contributed by atoms with Gasteiger partial charge in [-0.1, -0.05) is 104 Å². The Bertz CT molecular complexity index is 1000. The Kier molecular flexibility index (Phi) is 9.89. The Morgan fingerprint density at radius 1 is 1.00 bits per heavy atom. The van der Waals surface area contributed by atoms with E-state index < -0.39 is 8.07 Å². The fourth-order valence-electron chi connectivity index (χ4n) is 7.90. The van der Waals surface area contributed by atoms with Crippen molar-refractivity contribution in [2.24, 2.45) is 5.92 Å². The lowest BCUT2D eigenvalue weighted by Crippen LogP contribution is -2.54.